The van der Waals surface area contributed by atoms with Crippen LogP contribution in [0.1, 0.15) is 28.2 Å². The molecule has 0 aliphatic carbocycles. The normalized spacial score (nSPS) is 12.2. The molecule has 3 nitrogen and oxygen atoms in total. The molecule has 0 radical (unpaired) electrons. The molecule has 0 saturated carbocycles. The molecular formula is C20H18O3. The molecule has 0 saturated heterocycles. The second-order valence-corrected chi connectivity index (χ2v) is 5.60. The third-order valence-electron chi connectivity index (χ3n) is 3.97. The smallest absolute Gasteiger partial charge is 0.293 e. The summed E-state index contributed by atoms with van der Waals surface area (Å²) in [6.45, 7) is 1.89. The number of rotatable bonds is 6. The highest BCUT2D eigenvalue weighted by molar-refractivity contribution is 5.48. The molecule has 0 aromatic heterocycles. The van der Waals surface area contributed by atoms with Crippen LogP contribution < -0.4 is 0 Å². The molecule has 3 heteroatoms. The minimum Gasteiger partial charge on any atom is -0.508 e. The highest BCUT2D eigenvalue weighted by atomic mass is 16.3. The van der Waals surface area contributed by atoms with E-state index in [4.69, 9.17) is 9.40 Å². The molecule has 0 aliphatic heterocycles. The van der Waals surface area contributed by atoms with E-state index in [1.54, 1.807) is 24.3 Å². The van der Waals surface area contributed by atoms with Crippen molar-refractivity contribution >= 4 is 0 Å². The maximum atomic E-state index is 7.26. The second-order valence-electron chi connectivity index (χ2n) is 5.60. The number of hydrogen-bond donors (Lipinski definition) is 3. The van der Waals surface area contributed by atoms with Crippen molar-refractivity contribution < 1.29 is 15.3 Å². The van der Waals surface area contributed by atoms with Gasteiger partial charge in [0.05, 0.1) is 0 Å². The Kier molecular flexibility index (Phi) is 3.05. The zero-order valence-electron chi connectivity index (χ0n) is 15.7. The van der Waals surface area contributed by atoms with Gasteiger partial charge in [-0.15, -0.1) is 0 Å². The summed E-state index contributed by atoms with van der Waals surface area (Å²) in [5.74, 6) is 1.32. The van der Waals surface area contributed by atoms with Crippen LogP contribution in [0.25, 0.3) is 0 Å². The zero-order valence-corrected chi connectivity index (χ0v) is 12.7. The Hall–Kier alpha value is -2.94. The number of hydrogen-bond acceptors (Lipinski definition) is 3. The van der Waals surface area contributed by atoms with Gasteiger partial charge in [0.1, 0.15) is 17.2 Å². The lowest BCUT2D eigenvalue weighted by molar-refractivity contribution is 0.469. The highest BCUT2D eigenvalue weighted by Gasteiger charge is 2.18. The Morgan fingerprint density at radius 3 is 1.70 bits per heavy atom. The minimum atomic E-state index is -0.107. The molecule has 0 bridgehead atoms. The molecule has 0 aliphatic rings. The lowest BCUT2D eigenvalue weighted by atomic mass is 9.84. The number of aromatic hydroxyl groups is 3. The van der Waals surface area contributed by atoms with Gasteiger partial charge < -0.3 is 15.3 Å². The van der Waals surface area contributed by atoms with E-state index >= 15 is 0 Å². The van der Waals surface area contributed by atoms with Crippen LogP contribution in [-0.2, 0) is 0 Å². The van der Waals surface area contributed by atoms with E-state index < -0.39 is 0 Å². The Morgan fingerprint density at radius 2 is 1.22 bits per heavy atom. The van der Waals surface area contributed by atoms with Crippen LogP contribution in [0.2, 0.25) is 0 Å². The molecule has 0 unspecified atom stereocenters. The molecule has 0 atom stereocenters. The molecule has 0 spiro atoms. The molecule has 23 heavy (non-hydrogen) atoms. The van der Waals surface area contributed by atoms with E-state index in [0.717, 1.165) is 22.3 Å². The summed E-state index contributed by atoms with van der Waals surface area (Å²) in [6, 6.07) is 20.4. The Morgan fingerprint density at radius 1 is 0.696 bits per heavy atom. The second kappa shape index (κ2) is 6.05. The standard InChI is InChI=1S/C20H18O3/c1-13-2-3-16(12-19(13)23)20(14-4-8-17(21)9-5-14)15-6-10-18(22)11-7-15/h2-12,20-23H,1H3/i/hD3. The number of phenolic OH excluding ortho intramolecular Hbond substituents is 3. The summed E-state index contributed by atoms with van der Waals surface area (Å²) in [6.07, 6.45) is 0. The molecule has 0 fully saturated rings. The van der Waals surface area contributed by atoms with Gasteiger partial charge >= 0.3 is 0 Å². The Labute approximate surface area is 139 Å². The monoisotopic (exact) mass is 309 g/mol. The first kappa shape index (κ1) is 11.6. The van der Waals surface area contributed by atoms with Gasteiger partial charge in [-0.25, -0.2) is 0 Å². The van der Waals surface area contributed by atoms with Crippen molar-refractivity contribution in [1.29, 1.82) is 4.29 Å². The minimum absolute atomic E-state index is 0.107. The van der Waals surface area contributed by atoms with Crippen molar-refractivity contribution in [3.63, 3.8) is 0 Å². The number of phenols is 3. The van der Waals surface area contributed by atoms with Crippen LogP contribution in [0, 0.1) is 6.92 Å². The maximum absolute atomic E-state index is 7.26. The molecule has 0 amide bonds. The van der Waals surface area contributed by atoms with Crippen molar-refractivity contribution in [3.8, 4) is 17.2 Å². The van der Waals surface area contributed by atoms with Gasteiger partial charge in [-0.2, -0.15) is 0 Å². The van der Waals surface area contributed by atoms with Gasteiger partial charge in [0.25, 0.3) is 4.29 Å². The average Bonchev–Trinajstić information content (AvgIpc) is 2.70. The number of benzene rings is 3. The Balaban J connectivity index is 2.10. The van der Waals surface area contributed by atoms with Crippen LogP contribution in [0.15, 0.2) is 66.7 Å². The highest BCUT2D eigenvalue weighted by Crippen LogP contribution is 2.35. The van der Waals surface area contributed by atoms with Crippen molar-refractivity contribution in [1.82, 2.24) is 0 Å². The molecular weight excluding hydrogens is 288 g/mol. The van der Waals surface area contributed by atoms with E-state index in [1.807, 2.05) is 49.4 Å². The third kappa shape index (κ3) is 3.14. The predicted octanol–water partition coefficient (Wildman–Crippen LogP) is 4.29. The van der Waals surface area contributed by atoms with E-state index in [1.165, 1.54) is 0 Å². The van der Waals surface area contributed by atoms with Crippen molar-refractivity contribution in [3.05, 3.63) is 89.0 Å². The first-order valence-corrected chi connectivity index (χ1v) is 7.36. The van der Waals surface area contributed by atoms with E-state index in [-0.39, 0.29) is 5.92 Å². The Bertz CT molecular complexity index is 817. The van der Waals surface area contributed by atoms with Crippen molar-refractivity contribution in [2.45, 2.75) is 12.8 Å². The van der Waals surface area contributed by atoms with Crippen LogP contribution >= 0.6 is 0 Å². The number of aryl methyl sites for hydroxylation is 1. The zero-order chi connectivity index (χ0) is 18.5. The fourth-order valence-corrected chi connectivity index (χ4v) is 2.69. The van der Waals surface area contributed by atoms with Gasteiger partial charge in [0.2, 0.25) is 0 Å². The van der Waals surface area contributed by atoms with Crippen LogP contribution in [0.4, 0.5) is 0 Å². The molecule has 0 heterocycles. The van der Waals surface area contributed by atoms with E-state index in [2.05, 4.69) is 10.2 Å². The van der Waals surface area contributed by atoms with Gasteiger partial charge in [0, 0.05) is 5.92 Å². The molecule has 3 N–H and O–H groups in total. The summed E-state index contributed by atoms with van der Waals surface area (Å²) in [7, 11) is 0. The summed E-state index contributed by atoms with van der Waals surface area (Å²) >= 11 is 0. The summed E-state index contributed by atoms with van der Waals surface area (Å²) < 4.78 is 21.3. The van der Waals surface area contributed by atoms with Gasteiger partial charge in [0.15, 0.2) is 0 Å². The maximum Gasteiger partial charge on any atom is 0.293 e. The van der Waals surface area contributed by atoms with E-state index in [9.17, 15) is 0 Å². The van der Waals surface area contributed by atoms with Crippen LogP contribution in [0.3, 0.4) is 0 Å². The first-order valence-electron chi connectivity index (χ1n) is 8.58. The fourth-order valence-electron chi connectivity index (χ4n) is 2.69. The lowest BCUT2D eigenvalue weighted by Gasteiger charge is -2.19. The summed E-state index contributed by atoms with van der Waals surface area (Å²) in [5.41, 5.74) is 3.87. The van der Waals surface area contributed by atoms with Gasteiger partial charge in [-0.05, 0) is 59.5 Å². The predicted molar refractivity (Wildman–Crippen MR) is 90.0 cm³/mol. The van der Waals surface area contributed by atoms with Crippen LogP contribution in [0.5, 0.6) is 17.2 Å². The summed E-state index contributed by atoms with van der Waals surface area (Å²) in [5, 5.41) is 13.8. The van der Waals surface area contributed by atoms with Crippen molar-refractivity contribution in [2.24, 2.45) is 0 Å². The van der Waals surface area contributed by atoms with E-state index in [0.29, 0.717) is 17.2 Å². The first-order chi connectivity index (χ1) is 12.7. The van der Waals surface area contributed by atoms with Crippen LogP contribution in [-0.4, -0.2) is 19.6 Å². The lowest BCUT2D eigenvalue weighted by Crippen LogP contribution is -2.03. The quantitative estimate of drug-likeness (QED) is 0.595. The molecule has 3 aromatic rings. The topological polar surface area (TPSA) is 60.7 Å². The SMILES string of the molecule is [2H]Oc1ccc(C(c2ccc(O[2H])cc2)c2ccc(C)c(O[2H])c2)cc1. The molecule has 3 rings (SSSR count). The molecule has 116 valence electrons. The summed E-state index contributed by atoms with van der Waals surface area (Å²) in [4.78, 5) is 0. The van der Waals surface area contributed by atoms with Gasteiger partial charge in [-0.1, -0.05) is 36.4 Å². The van der Waals surface area contributed by atoms with Gasteiger partial charge in [-0.3, -0.25) is 0 Å². The molecule has 3 aromatic carbocycles. The largest absolute Gasteiger partial charge is 0.508 e. The van der Waals surface area contributed by atoms with Crippen molar-refractivity contribution in [2.75, 3.05) is 0 Å². The third-order valence-corrected chi connectivity index (χ3v) is 3.97. The fraction of sp³-hybridized carbons (Fsp3) is 0.100. The average molecular weight is 309 g/mol.